The van der Waals surface area contributed by atoms with Crippen LogP contribution < -0.4 is 26.8 Å². The van der Waals surface area contributed by atoms with E-state index in [0.29, 0.717) is 16.8 Å². The van der Waals surface area contributed by atoms with Crippen molar-refractivity contribution in [2.75, 3.05) is 22.5 Å². The van der Waals surface area contributed by atoms with E-state index in [-0.39, 0.29) is 11.7 Å². The summed E-state index contributed by atoms with van der Waals surface area (Å²) in [5.74, 6) is 1.02. The van der Waals surface area contributed by atoms with Crippen molar-refractivity contribution in [3.05, 3.63) is 48.5 Å². The molecular formula is C16H17N5OS+2. The van der Waals surface area contributed by atoms with Crippen LogP contribution in [-0.4, -0.2) is 11.7 Å². The second-order valence-corrected chi connectivity index (χ2v) is 5.98. The number of anilines is 3. The summed E-state index contributed by atoms with van der Waals surface area (Å²) in [6.07, 6.45) is 0. The van der Waals surface area contributed by atoms with Gasteiger partial charge >= 0.3 is 11.0 Å². The van der Waals surface area contributed by atoms with Crippen LogP contribution in [0.3, 0.4) is 0 Å². The van der Waals surface area contributed by atoms with Crippen LogP contribution in [0, 0.1) is 0 Å². The van der Waals surface area contributed by atoms with E-state index in [2.05, 4.69) is 15.3 Å². The van der Waals surface area contributed by atoms with Gasteiger partial charge in [0.05, 0.1) is 5.75 Å². The summed E-state index contributed by atoms with van der Waals surface area (Å²) in [5.41, 5.74) is 12.2. The number of nitrogen functional groups attached to an aromatic ring is 2. The van der Waals surface area contributed by atoms with Crippen LogP contribution in [0.4, 0.5) is 17.3 Å². The van der Waals surface area contributed by atoms with Crippen molar-refractivity contribution < 1.29 is 14.8 Å². The number of hydrogen-bond donors (Lipinski definition) is 3. The van der Waals surface area contributed by atoms with Crippen molar-refractivity contribution in [3.63, 3.8) is 0 Å². The summed E-state index contributed by atoms with van der Waals surface area (Å²) in [5, 5.41) is 5.67. The van der Waals surface area contributed by atoms with Gasteiger partial charge in [-0.05, 0) is 23.2 Å². The molecule has 3 aromatic rings. The highest BCUT2D eigenvalue weighted by Crippen LogP contribution is 2.23. The first-order chi connectivity index (χ1) is 11.1. The Morgan fingerprint density at radius 2 is 1.74 bits per heavy atom. The Labute approximate surface area is 137 Å². The van der Waals surface area contributed by atoms with Crippen LogP contribution in [0.2, 0.25) is 0 Å². The first-order valence-corrected chi connectivity index (χ1v) is 8.01. The topological polar surface area (TPSA) is 109 Å². The molecule has 0 radical (unpaired) electrons. The van der Waals surface area contributed by atoms with Gasteiger partial charge in [-0.2, -0.15) is 9.97 Å². The predicted octanol–water partition coefficient (Wildman–Crippen LogP) is 1.36. The second-order valence-electron chi connectivity index (χ2n) is 5.00. The minimum atomic E-state index is -0.103. The average Bonchev–Trinajstić information content (AvgIpc) is 2.52. The molecule has 7 N–H and O–H groups in total. The number of aromatic amines is 2. The van der Waals surface area contributed by atoms with Gasteiger partial charge in [0.2, 0.25) is 11.7 Å². The van der Waals surface area contributed by atoms with Gasteiger partial charge in [-0.15, -0.1) is 0 Å². The Kier molecular flexibility index (Phi) is 4.29. The number of benzene rings is 2. The molecule has 1 heterocycles. The highest BCUT2D eigenvalue weighted by molar-refractivity contribution is 7.99. The van der Waals surface area contributed by atoms with Crippen LogP contribution in [0.25, 0.3) is 10.8 Å². The van der Waals surface area contributed by atoms with Gasteiger partial charge in [-0.25, -0.2) is 0 Å². The zero-order chi connectivity index (χ0) is 16.2. The fraction of sp³-hybridized carbons (Fsp3) is 0.0625. The number of aromatic nitrogens is 2. The molecule has 0 unspecified atom stereocenters. The molecule has 2 aromatic carbocycles. The maximum Gasteiger partial charge on any atom is 0.375 e. The van der Waals surface area contributed by atoms with Crippen LogP contribution in [0.5, 0.6) is 0 Å². The van der Waals surface area contributed by atoms with Crippen LogP contribution in [0.1, 0.15) is 0 Å². The highest BCUT2D eigenvalue weighted by atomic mass is 32.2. The maximum absolute atomic E-state index is 12.2. The molecule has 3 rings (SSSR count). The Morgan fingerprint density at radius 1 is 1.04 bits per heavy atom. The van der Waals surface area contributed by atoms with Gasteiger partial charge in [0.1, 0.15) is 6.07 Å². The number of amides is 1. The van der Waals surface area contributed by atoms with Gasteiger partial charge in [-0.3, -0.25) is 10.5 Å². The van der Waals surface area contributed by atoms with E-state index in [9.17, 15) is 4.79 Å². The van der Waals surface area contributed by atoms with Gasteiger partial charge in [0.25, 0.3) is 0 Å². The lowest BCUT2D eigenvalue weighted by Crippen LogP contribution is -2.28. The Balaban J connectivity index is 1.69. The van der Waals surface area contributed by atoms with E-state index < -0.39 is 0 Å². The molecule has 116 valence electrons. The Morgan fingerprint density at radius 3 is 2.52 bits per heavy atom. The zero-order valence-corrected chi connectivity index (χ0v) is 13.1. The van der Waals surface area contributed by atoms with Crippen molar-refractivity contribution in [1.29, 1.82) is 0 Å². The smallest absolute Gasteiger partial charge is 0.359 e. The molecule has 23 heavy (non-hydrogen) atoms. The summed E-state index contributed by atoms with van der Waals surface area (Å²) in [6.45, 7) is 0. The first kappa shape index (κ1) is 15.1. The van der Waals surface area contributed by atoms with Gasteiger partial charge in [-0.1, -0.05) is 36.4 Å². The van der Waals surface area contributed by atoms with Crippen molar-refractivity contribution >= 4 is 45.8 Å². The second kappa shape index (κ2) is 6.53. The molecular weight excluding hydrogens is 310 g/mol. The third-order valence-corrected chi connectivity index (χ3v) is 4.14. The number of H-pyrrole nitrogens is 2. The molecule has 7 heteroatoms. The van der Waals surface area contributed by atoms with Crippen molar-refractivity contribution in [3.8, 4) is 0 Å². The maximum atomic E-state index is 12.2. The molecule has 1 amide bonds. The first-order valence-electron chi connectivity index (χ1n) is 7.03. The molecule has 0 fully saturated rings. The normalized spacial score (nSPS) is 10.6. The molecule has 1 aromatic heterocycles. The standard InChI is InChI=1S/C16H15N5OS/c17-13-8-14(18)21-16(20-13)23-9-15(22)19-12-7-3-5-10-4-1-2-6-11(10)12/h1-8H,9H2,(H,19,22)(H4,17,18,20,21)/p+2. The highest BCUT2D eigenvalue weighted by Gasteiger charge is 2.14. The quantitative estimate of drug-likeness (QED) is 0.496. The van der Waals surface area contributed by atoms with Crippen LogP contribution in [0.15, 0.2) is 53.7 Å². The van der Waals surface area contributed by atoms with Crippen LogP contribution in [-0.2, 0) is 4.79 Å². The van der Waals surface area contributed by atoms with Crippen molar-refractivity contribution in [1.82, 2.24) is 0 Å². The number of fused-ring (bicyclic) bond motifs is 1. The molecule has 0 atom stereocenters. The van der Waals surface area contributed by atoms with Gasteiger partial charge in [0, 0.05) is 11.1 Å². The molecule has 0 aliphatic rings. The van der Waals surface area contributed by atoms with E-state index in [0.717, 1.165) is 16.5 Å². The lowest BCUT2D eigenvalue weighted by molar-refractivity contribution is -0.590. The molecule has 0 aliphatic carbocycles. The number of carbonyl (C=O) groups is 1. The third kappa shape index (κ3) is 3.70. The SMILES string of the molecule is Nc1cc(N)[nH+]c(SCC(=O)Nc2cccc3ccccc23)[nH+]1. The number of rotatable bonds is 4. The lowest BCUT2D eigenvalue weighted by atomic mass is 10.1. The summed E-state index contributed by atoms with van der Waals surface area (Å²) >= 11 is 1.30. The predicted molar refractivity (Wildman–Crippen MR) is 91.7 cm³/mol. The van der Waals surface area contributed by atoms with E-state index in [1.54, 1.807) is 6.07 Å². The summed E-state index contributed by atoms with van der Waals surface area (Å²) in [7, 11) is 0. The summed E-state index contributed by atoms with van der Waals surface area (Å²) in [6, 6.07) is 15.3. The average molecular weight is 327 g/mol. The van der Waals surface area contributed by atoms with E-state index in [1.807, 2.05) is 42.5 Å². The lowest BCUT2D eigenvalue weighted by Gasteiger charge is -2.07. The van der Waals surface area contributed by atoms with Crippen LogP contribution >= 0.6 is 11.8 Å². The number of carbonyl (C=O) groups excluding carboxylic acids is 1. The van der Waals surface area contributed by atoms with E-state index in [4.69, 9.17) is 11.5 Å². The molecule has 0 saturated carbocycles. The molecule has 6 nitrogen and oxygen atoms in total. The minimum Gasteiger partial charge on any atom is -0.359 e. The zero-order valence-electron chi connectivity index (χ0n) is 12.3. The molecule has 0 saturated heterocycles. The number of thioether (sulfide) groups is 1. The summed E-state index contributed by atoms with van der Waals surface area (Å²) < 4.78 is 0. The Hall–Kier alpha value is -2.80. The van der Waals surface area contributed by atoms with Gasteiger partial charge in [0.15, 0.2) is 0 Å². The number of nitrogens with two attached hydrogens (primary N) is 2. The number of hydrogen-bond acceptors (Lipinski definition) is 4. The van der Waals surface area contributed by atoms with Crippen molar-refractivity contribution in [2.45, 2.75) is 5.16 Å². The summed E-state index contributed by atoms with van der Waals surface area (Å²) in [4.78, 5) is 18.0. The molecule has 0 bridgehead atoms. The Bertz CT molecular complexity index is 842. The fourth-order valence-corrected chi connectivity index (χ4v) is 2.99. The van der Waals surface area contributed by atoms with E-state index >= 15 is 0 Å². The van der Waals surface area contributed by atoms with Gasteiger partial charge < -0.3 is 11.1 Å². The monoisotopic (exact) mass is 327 g/mol. The van der Waals surface area contributed by atoms with E-state index in [1.165, 1.54) is 11.8 Å². The molecule has 0 aliphatic heterocycles. The molecule has 0 spiro atoms. The largest absolute Gasteiger partial charge is 0.375 e. The minimum absolute atomic E-state index is 0.103. The number of nitrogens with one attached hydrogen (secondary N) is 3. The third-order valence-electron chi connectivity index (χ3n) is 3.24. The fourth-order valence-electron chi connectivity index (χ4n) is 2.26. The van der Waals surface area contributed by atoms with Crippen molar-refractivity contribution in [2.24, 2.45) is 0 Å².